The molecule has 6 heteroatoms. The molecule has 1 heterocycles. The molecule has 0 unspecified atom stereocenters. The van der Waals surface area contributed by atoms with Crippen molar-refractivity contribution in [2.75, 3.05) is 17.7 Å². The number of aromatic nitrogens is 2. The van der Waals surface area contributed by atoms with E-state index in [4.69, 9.17) is 16.3 Å². The molecule has 0 radical (unpaired) electrons. The second-order valence-electron chi connectivity index (χ2n) is 6.06. The van der Waals surface area contributed by atoms with Gasteiger partial charge in [0.2, 0.25) is 5.95 Å². The largest absolute Gasteiger partial charge is 0.495 e. The predicted octanol–water partition coefficient (Wildman–Crippen LogP) is 4.40. The maximum atomic E-state index is 6.04. The Morgan fingerprint density at radius 2 is 1.86 bits per heavy atom. The highest BCUT2D eigenvalue weighted by Gasteiger charge is 2.12. The molecule has 1 aromatic heterocycles. The van der Waals surface area contributed by atoms with Gasteiger partial charge >= 0.3 is 0 Å². The third kappa shape index (κ3) is 4.49. The molecule has 2 aromatic rings. The number of nitrogens with zero attached hydrogens (tertiary/aromatic N) is 2. The summed E-state index contributed by atoms with van der Waals surface area (Å²) in [7, 11) is 1.61. The van der Waals surface area contributed by atoms with E-state index in [1.54, 1.807) is 25.3 Å². The molecule has 0 saturated heterocycles. The Morgan fingerprint density at radius 1 is 1.14 bits per heavy atom. The van der Waals surface area contributed by atoms with Crippen molar-refractivity contribution in [3.8, 4) is 5.75 Å². The molecule has 1 aromatic carbocycles. The van der Waals surface area contributed by atoms with E-state index in [0.29, 0.717) is 16.7 Å². The molecule has 118 valence electrons. The second kappa shape index (κ2) is 6.40. The van der Waals surface area contributed by atoms with Gasteiger partial charge in [-0.1, -0.05) is 11.6 Å². The smallest absolute Gasteiger partial charge is 0.229 e. The molecule has 0 saturated carbocycles. The second-order valence-corrected chi connectivity index (χ2v) is 6.50. The minimum Gasteiger partial charge on any atom is -0.495 e. The van der Waals surface area contributed by atoms with Gasteiger partial charge in [0.15, 0.2) is 0 Å². The van der Waals surface area contributed by atoms with Gasteiger partial charge in [0, 0.05) is 22.3 Å². The number of benzene rings is 1. The SMILES string of the molecule is COc1ccc(Cl)cc1Nc1nc(C)cc(NC(C)(C)C)n1. The first-order chi connectivity index (χ1) is 10.3. The Labute approximate surface area is 136 Å². The van der Waals surface area contributed by atoms with Gasteiger partial charge in [-0.3, -0.25) is 0 Å². The summed E-state index contributed by atoms with van der Waals surface area (Å²) in [5.74, 6) is 1.94. The Bertz CT molecular complexity index is 668. The van der Waals surface area contributed by atoms with Crippen molar-refractivity contribution < 1.29 is 4.74 Å². The van der Waals surface area contributed by atoms with E-state index < -0.39 is 0 Å². The van der Waals surface area contributed by atoms with Crippen molar-refractivity contribution >= 4 is 29.1 Å². The van der Waals surface area contributed by atoms with E-state index in [-0.39, 0.29) is 5.54 Å². The van der Waals surface area contributed by atoms with Crippen molar-refractivity contribution in [3.05, 3.63) is 35.0 Å². The normalized spacial score (nSPS) is 11.2. The van der Waals surface area contributed by atoms with Gasteiger partial charge < -0.3 is 15.4 Å². The number of anilines is 3. The molecule has 0 spiro atoms. The zero-order valence-corrected chi connectivity index (χ0v) is 14.2. The van der Waals surface area contributed by atoms with E-state index in [0.717, 1.165) is 17.2 Å². The van der Waals surface area contributed by atoms with Crippen LogP contribution in [0.3, 0.4) is 0 Å². The fraction of sp³-hybridized carbons (Fsp3) is 0.375. The Balaban J connectivity index is 2.32. The van der Waals surface area contributed by atoms with Crippen LogP contribution >= 0.6 is 11.6 Å². The quantitative estimate of drug-likeness (QED) is 0.874. The van der Waals surface area contributed by atoms with Crippen LogP contribution in [0.15, 0.2) is 24.3 Å². The van der Waals surface area contributed by atoms with Crippen molar-refractivity contribution in [2.45, 2.75) is 33.2 Å². The maximum Gasteiger partial charge on any atom is 0.229 e. The molecular weight excluding hydrogens is 300 g/mol. The van der Waals surface area contributed by atoms with Gasteiger partial charge in [0.05, 0.1) is 12.8 Å². The molecule has 0 aliphatic heterocycles. The third-order valence-electron chi connectivity index (χ3n) is 2.77. The van der Waals surface area contributed by atoms with E-state index in [1.165, 1.54) is 0 Å². The number of ether oxygens (including phenoxy) is 1. The fourth-order valence-electron chi connectivity index (χ4n) is 1.97. The molecular formula is C16H21ClN4O. The Morgan fingerprint density at radius 3 is 2.50 bits per heavy atom. The number of methoxy groups -OCH3 is 1. The molecule has 2 rings (SSSR count). The number of rotatable bonds is 4. The Kier molecular flexibility index (Phi) is 4.76. The van der Waals surface area contributed by atoms with Gasteiger partial charge in [-0.2, -0.15) is 4.98 Å². The molecule has 0 aliphatic rings. The summed E-state index contributed by atoms with van der Waals surface area (Å²) in [4.78, 5) is 8.89. The summed E-state index contributed by atoms with van der Waals surface area (Å²) < 4.78 is 5.32. The van der Waals surface area contributed by atoms with E-state index >= 15 is 0 Å². The van der Waals surface area contributed by atoms with Crippen LogP contribution < -0.4 is 15.4 Å². The first-order valence-electron chi connectivity index (χ1n) is 7.01. The molecule has 0 atom stereocenters. The predicted molar refractivity (Wildman–Crippen MR) is 91.4 cm³/mol. The van der Waals surface area contributed by atoms with Gasteiger partial charge in [-0.25, -0.2) is 4.98 Å². The molecule has 0 bridgehead atoms. The Hall–Kier alpha value is -2.01. The number of halogens is 1. The van der Waals surface area contributed by atoms with E-state index in [9.17, 15) is 0 Å². The standard InChI is InChI=1S/C16H21ClN4O/c1-10-8-14(21-16(2,3)4)20-15(18-10)19-12-9-11(17)6-7-13(12)22-5/h6-9H,1-5H3,(H2,18,19,20,21). The van der Waals surface area contributed by atoms with Crippen LogP contribution in [0.2, 0.25) is 5.02 Å². The third-order valence-corrected chi connectivity index (χ3v) is 3.00. The summed E-state index contributed by atoms with van der Waals surface area (Å²) in [6, 6.07) is 7.26. The summed E-state index contributed by atoms with van der Waals surface area (Å²) in [6.45, 7) is 8.17. The zero-order chi connectivity index (χ0) is 16.3. The molecule has 0 aliphatic carbocycles. The minimum absolute atomic E-state index is 0.0776. The lowest BCUT2D eigenvalue weighted by Crippen LogP contribution is -2.27. The van der Waals surface area contributed by atoms with E-state index in [1.807, 2.05) is 13.0 Å². The number of hydrogen-bond donors (Lipinski definition) is 2. The lowest BCUT2D eigenvalue weighted by molar-refractivity contribution is 0.417. The van der Waals surface area contributed by atoms with Crippen LogP contribution in [0.5, 0.6) is 5.75 Å². The summed E-state index contributed by atoms with van der Waals surface area (Å²) in [5, 5.41) is 7.11. The van der Waals surface area contributed by atoms with Crippen LogP contribution in [0.25, 0.3) is 0 Å². The van der Waals surface area contributed by atoms with Crippen LogP contribution in [-0.4, -0.2) is 22.6 Å². The number of nitrogens with one attached hydrogen (secondary N) is 2. The molecule has 0 fully saturated rings. The van der Waals surface area contributed by atoms with Crippen molar-refractivity contribution in [2.24, 2.45) is 0 Å². The molecule has 5 nitrogen and oxygen atoms in total. The van der Waals surface area contributed by atoms with Crippen LogP contribution in [0, 0.1) is 6.92 Å². The van der Waals surface area contributed by atoms with Crippen LogP contribution in [0.4, 0.5) is 17.5 Å². The highest BCUT2D eigenvalue weighted by Crippen LogP contribution is 2.30. The highest BCUT2D eigenvalue weighted by molar-refractivity contribution is 6.30. The number of aryl methyl sites for hydroxylation is 1. The first kappa shape index (κ1) is 16.4. The van der Waals surface area contributed by atoms with Crippen molar-refractivity contribution in [3.63, 3.8) is 0 Å². The van der Waals surface area contributed by atoms with Gasteiger partial charge in [0.25, 0.3) is 0 Å². The first-order valence-corrected chi connectivity index (χ1v) is 7.39. The summed E-state index contributed by atoms with van der Waals surface area (Å²) in [6.07, 6.45) is 0. The zero-order valence-electron chi connectivity index (χ0n) is 13.5. The minimum atomic E-state index is -0.0776. The fourth-order valence-corrected chi connectivity index (χ4v) is 2.14. The lowest BCUT2D eigenvalue weighted by Gasteiger charge is -2.22. The van der Waals surface area contributed by atoms with Gasteiger partial charge in [-0.05, 0) is 45.9 Å². The monoisotopic (exact) mass is 320 g/mol. The summed E-state index contributed by atoms with van der Waals surface area (Å²) in [5.41, 5.74) is 1.51. The topological polar surface area (TPSA) is 59.1 Å². The average Bonchev–Trinajstić information content (AvgIpc) is 2.36. The molecule has 22 heavy (non-hydrogen) atoms. The van der Waals surface area contributed by atoms with Gasteiger partial charge in [-0.15, -0.1) is 0 Å². The van der Waals surface area contributed by atoms with E-state index in [2.05, 4.69) is 41.4 Å². The van der Waals surface area contributed by atoms with Crippen LogP contribution in [0.1, 0.15) is 26.5 Å². The molecule has 0 amide bonds. The maximum absolute atomic E-state index is 6.04. The highest BCUT2D eigenvalue weighted by atomic mass is 35.5. The molecule has 2 N–H and O–H groups in total. The summed E-state index contributed by atoms with van der Waals surface area (Å²) >= 11 is 6.04. The van der Waals surface area contributed by atoms with Crippen molar-refractivity contribution in [1.82, 2.24) is 9.97 Å². The number of hydrogen-bond acceptors (Lipinski definition) is 5. The average molecular weight is 321 g/mol. The van der Waals surface area contributed by atoms with Crippen LogP contribution in [-0.2, 0) is 0 Å². The lowest BCUT2D eigenvalue weighted by atomic mass is 10.1. The van der Waals surface area contributed by atoms with Gasteiger partial charge in [0.1, 0.15) is 11.6 Å². The van der Waals surface area contributed by atoms with Crippen molar-refractivity contribution in [1.29, 1.82) is 0 Å².